The number of nitrogen functional groups attached to an aromatic ring is 1. The number of aromatic nitrogens is 2. The second-order valence-corrected chi connectivity index (χ2v) is 6.16. The summed E-state index contributed by atoms with van der Waals surface area (Å²) < 4.78 is 36.2. The predicted octanol–water partition coefficient (Wildman–Crippen LogP) is 4.45. The summed E-state index contributed by atoms with van der Waals surface area (Å²) in [6, 6.07) is 7.20. The standard InChI is InChI=1S/C20H17F2N3O2/c1-3-25-9-13-16(20(25)26)18(23)11-7-8-12(21)15(19(11)24-13)10-5-4-6-14(27-2)17(10)22/h4-9,26H,3,23H2,1-2H3. The molecule has 4 aromatic rings. The number of nitrogens with zero attached hydrogens (tertiary/aromatic N) is 2. The second kappa shape index (κ2) is 6.12. The van der Waals surface area contributed by atoms with Crippen LogP contribution in [0.2, 0.25) is 0 Å². The third-order valence-electron chi connectivity index (χ3n) is 4.74. The summed E-state index contributed by atoms with van der Waals surface area (Å²) in [7, 11) is 1.34. The average Bonchev–Trinajstić information content (AvgIpc) is 2.98. The Labute approximate surface area is 153 Å². The van der Waals surface area contributed by atoms with Crippen molar-refractivity contribution in [3.05, 3.63) is 48.2 Å². The maximum Gasteiger partial charge on any atom is 0.202 e. The molecule has 3 N–H and O–H groups in total. The predicted molar refractivity (Wildman–Crippen MR) is 101 cm³/mol. The molecular weight excluding hydrogens is 352 g/mol. The van der Waals surface area contributed by atoms with Crippen molar-refractivity contribution in [1.29, 1.82) is 0 Å². The van der Waals surface area contributed by atoms with Crippen LogP contribution >= 0.6 is 0 Å². The normalized spacial score (nSPS) is 11.4. The van der Waals surface area contributed by atoms with Gasteiger partial charge in [0.25, 0.3) is 0 Å². The number of halogens is 2. The topological polar surface area (TPSA) is 73.3 Å². The number of hydrogen-bond acceptors (Lipinski definition) is 4. The van der Waals surface area contributed by atoms with E-state index in [0.717, 1.165) is 0 Å². The summed E-state index contributed by atoms with van der Waals surface area (Å²) in [5.41, 5.74) is 7.19. The molecule has 0 unspecified atom stereocenters. The van der Waals surface area contributed by atoms with E-state index in [1.165, 1.54) is 31.4 Å². The highest BCUT2D eigenvalue weighted by molar-refractivity contribution is 6.12. The number of aryl methyl sites for hydroxylation is 1. The van der Waals surface area contributed by atoms with Crippen LogP contribution in [0.15, 0.2) is 36.5 Å². The van der Waals surface area contributed by atoms with Gasteiger partial charge in [-0.2, -0.15) is 0 Å². The molecule has 27 heavy (non-hydrogen) atoms. The van der Waals surface area contributed by atoms with Crippen molar-refractivity contribution >= 4 is 27.5 Å². The number of methoxy groups -OCH3 is 1. The highest BCUT2D eigenvalue weighted by Gasteiger charge is 2.22. The monoisotopic (exact) mass is 369 g/mol. The van der Waals surface area contributed by atoms with Crippen molar-refractivity contribution in [3.8, 4) is 22.8 Å². The number of pyridine rings is 1. The smallest absolute Gasteiger partial charge is 0.202 e. The molecule has 0 spiro atoms. The number of aromatic hydroxyl groups is 1. The van der Waals surface area contributed by atoms with Gasteiger partial charge in [0.15, 0.2) is 11.6 Å². The minimum absolute atomic E-state index is 0.00115. The third kappa shape index (κ3) is 2.38. The summed E-state index contributed by atoms with van der Waals surface area (Å²) in [5.74, 6) is -1.30. The van der Waals surface area contributed by atoms with Crippen LogP contribution < -0.4 is 10.5 Å². The van der Waals surface area contributed by atoms with Crippen LogP contribution in [0.25, 0.3) is 32.9 Å². The molecule has 0 saturated carbocycles. The molecule has 7 heteroatoms. The number of fused-ring (bicyclic) bond motifs is 2. The van der Waals surface area contributed by atoms with Gasteiger partial charge in [-0.05, 0) is 25.1 Å². The zero-order chi connectivity index (χ0) is 19.3. The van der Waals surface area contributed by atoms with Crippen molar-refractivity contribution < 1.29 is 18.6 Å². The number of ether oxygens (including phenoxy) is 1. The molecule has 5 nitrogen and oxygen atoms in total. The number of anilines is 1. The van der Waals surface area contributed by atoms with Gasteiger partial charge in [0.2, 0.25) is 5.88 Å². The maximum absolute atomic E-state index is 14.8. The van der Waals surface area contributed by atoms with Gasteiger partial charge in [0.1, 0.15) is 5.82 Å². The van der Waals surface area contributed by atoms with Gasteiger partial charge < -0.3 is 20.1 Å². The zero-order valence-electron chi connectivity index (χ0n) is 14.8. The third-order valence-corrected chi connectivity index (χ3v) is 4.74. The van der Waals surface area contributed by atoms with E-state index in [0.29, 0.717) is 22.8 Å². The van der Waals surface area contributed by atoms with Crippen molar-refractivity contribution in [1.82, 2.24) is 9.55 Å². The lowest BCUT2D eigenvalue weighted by molar-refractivity contribution is 0.387. The van der Waals surface area contributed by atoms with Gasteiger partial charge in [-0.15, -0.1) is 0 Å². The second-order valence-electron chi connectivity index (χ2n) is 6.16. The molecule has 0 atom stereocenters. The first-order valence-corrected chi connectivity index (χ1v) is 8.40. The molecule has 0 radical (unpaired) electrons. The van der Waals surface area contributed by atoms with Crippen molar-refractivity contribution in [3.63, 3.8) is 0 Å². The van der Waals surface area contributed by atoms with Gasteiger partial charge >= 0.3 is 0 Å². The first-order valence-electron chi connectivity index (χ1n) is 8.40. The van der Waals surface area contributed by atoms with E-state index in [1.54, 1.807) is 16.8 Å². The Hall–Kier alpha value is -3.35. The number of benzene rings is 2. The van der Waals surface area contributed by atoms with E-state index in [4.69, 9.17) is 10.5 Å². The Kier molecular flexibility index (Phi) is 3.87. The van der Waals surface area contributed by atoms with Crippen LogP contribution in [0.4, 0.5) is 14.5 Å². The fourth-order valence-corrected chi connectivity index (χ4v) is 3.39. The Balaban J connectivity index is 2.15. The Morgan fingerprint density at radius 3 is 2.70 bits per heavy atom. The summed E-state index contributed by atoms with van der Waals surface area (Å²) in [6.07, 6.45) is 1.64. The minimum Gasteiger partial charge on any atom is -0.494 e. The number of rotatable bonds is 3. The van der Waals surface area contributed by atoms with Crippen LogP contribution in [0.3, 0.4) is 0 Å². The Bertz CT molecular complexity index is 1200. The molecule has 0 fully saturated rings. The molecule has 0 amide bonds. The summed E-state index contributed by atoms with van der Waals surface area (Å²) in [4.78, 5) is 4.49. The summed E-state index contributed by atoms with van der Waals surface area (Å²) in [6.45, 7) is 2.38. The molecule has 138 valence electrons. The lowest BCUT2D eigenvalue weighted by atomic mass is 9.99. The molecule has 0 aliphatic carbocycles. The minimum atomic E-state index is -0.680. The molecule has 4 rings (SSSR count). The van der Waals surface area contributed by atoms with Crippen LogP contribution in [0.5, 0.6) is 11.6 Å². The molecule has 0 aliphatic heterocycles. The Morgan fingerprint density at radius 2 is 2.00 bits per heavy atom. The molecule has 2 aromatic carbocycles. The highest BCUT2D eigenvalue weighted by atomic mass is 19.1. The molecule has 0 aliphatic rings. The van der Waals surface area contributed by atoms with Crippen molar-refractivity contribution in [2.75, 3.05) is 12.8 Å². The van der Waals surface area contributed by atoms with E-state index in [9.17, 15) is 13.9 Å². The van der Waals surface area contributed by atoms with E-state index in [2.05, 4.69) is 4.98 Å². The average molecular weight is 369 g/mol. The van der Waals surface area contributed by atoms with Crippen LogP contribution in [-0.4, -0.2) is 21.8 Å². The Morgan fingerprint density at radius 1 is 1.22 bits per heavy atom. The lowest BCUT2D eigenvalue weighted by Gasteiger charge is -2.12. The van der Waals surface area contributed by atoms with Crippen LogP contribution in [0, 0.1) is 11.6 Å². The number of nitrogens with two attached hydrogens (primary N) is 1. The van der Waals surface area contributed by atoms with Crippen LogP contribution in [-0.2, 0) is 6.54 Å². The fourth-order valence-electron chi connectivity index (χ4n) is 3.39. The van der Waals surface area contributed by atoms with Crippen molar-refractivity contribution in [2.24, 2.45) is 0 Å². The van der Waals surface area contributed by atoms with E-state index in [1.807, 2.05) is 6.92 Å². The molecule has 2 aromatic heterocycles. The zero-order valence-corrected chi connectivity index (χ0v) is 14.8. The largest absolute Gasteiger partial charge is 0.494 e. The van der Waals surface area contributed by atoms with Gasteiger partial charge in [0.05, 0.1) is 29.2 Å². The highest BCUT2D eigenvalue weighted by Crippen LogP contribution is 2.41. The van der Waals surface area contributed by atoms with E-state index >= 15 is 0 Å². The van der Waals surface area contributed by atoms with Gasteiger partial charge in [-0.1, -0.05) is 12.1 Å². The molecular formula is C20H17F2N3O2. The quantitative estimate of drug-likeness (QED) is 0.560. The molecule has 2 heterocycles. The molecule has 0 bridgehead atoms. The fraction of sp³-hybridized carbons (Fsp3) is 0.150. The first kappa shape index (κ1) is 17.1. The maximum atomic E-state index is 14.8. The SMILES string of the molecule is CCn1cc2nc3c(-c4cccc(OC)c4F)c(F)ccc3c(N)c2c1O. The van der Waals surface area contributed by atoms with E-state index < -0.39 is 11.6 Å². The van der Waals surface area contributed by atoms with Gasteiger partial charge in [-0.25, -0.2) is 13.8 Å². The van der Waals surface area contributed by atoms with Gasteiger partial charge in [0, 0.05) is 29.3 Å². The van der Waals surface area contributed by atoms with Crippen LogP contribution in [0.1, 0.15) is 6.92 Å². The van der Waals surface area contributed by atoms with Crippen molar-refractivity contribution in [2.45, 2.75) is 13.5 Å². The van der Waals surface area contributed by atoms with E-state index in [-0.39, 0.29) is 34.0 Å². The molecule has 0 saturated heterocycles. The lowest BCUT2D eigenvalue weighted by Crippen LogP contribution is -1.98. The summed E-state index contributed by atoms with van der Waals surface area (Å²) in [5, 5.41) is 11.2. The summed E-state index contributed by atoms with van der Waals surface area (Å²) >= 11 is 0. The van der Waals surface area contributed by atoms with Gasteiger partial charge in [-0.3, -0.25) is 0 Å². The first-order chi connectivity index (χ1) is 13.0. The number of hydrogen-bond donors (Lipinski definition) is 2.